The predicted molar refractivity (Wildman–Crippen MR) is 138 cm³/mol. The Bertz CT molecular complexity index is 1410. The Morgan fingerprint density at radius 2 is 1.94 bits per heavy atom. The van der Waals surface area contributed by atoms with E-state index >= 15 is 0 Å². The van der Waals surface area contributed by atoms with Crippen molar-refractivity contribution in [1.82, 2.24) is 4.90 Å². The molecule has 0 saturated carbocycles. The first-order valence-electron chi connectivity index (χ1n) is 10.4. The van der Waals surface area contributed by atoms with Crippen LogP contribution in [0.2, 0.25) is 0 Å². The standard InChI is InChI=1S/C26H18BrN3O4S/c1-30-24(31)23(35-26(30)29-20-9-7-17(8-10-20)25(32)33)13-16-6-11-22(21(27)12-16)34-15-19-5-3-2-4-18(19)14-28/h2-13H,15H2,1H3,(H,32,33)/b23-13-,29-26?. The second kappa shape index (κ2) is 10.6. The molecular weight excluding hydrogens is 530 g/mol. The molecule has 3 aromatic rings. The summed E-state index contributed by atoms with van der Waals surface area (Å²) in [5, 5.41) is 18.8. The van der Waals surface area contributed by atoms with Crippen molar-refractivity contribution in [1.29, 1.82) is 5.26 Å². The van der Waals surface area contributed by atoms with Gasteiger partial charge in [0.1, 0.15) is 12.4 Å². The van der Waals surface area contributed by atoms with Crippen molar-refractivity contribution in [2.45, 2.75) is 6.61 Å². The number of nitrogens with zero attached hydrogens (tertiary/aromatic N) is 3. The maximum Gasteiger partial charge on any atom is 0.335 e. The third-order valence-electron chi connectivity index (χ3n) is 5.12. The average Bonchev–Trinajstić information content (AvgIpc) is 3.11. The summed E-state index contributed by atoms with van der Waals surface area (Å²) in [7, 11) is 1.65. The fourth-order valence-corrected chi connectivity index (χ4v) is 4.72. The molecule has 0 atom stereocenters. The van der Waals surface area contributed by atoms with Crippen molar-refractivity contribution < 1.29 is 19.4 Å². The number of hydrogen-bond acceptors (Lipinski definition) is 6. The highest BCUT2D eigenvalue weighted by atomic mass is 79.9. The quantitative estimate of drug-likeness (QED) is 0.389. The van der Waals surface area contributed by atoms with Crippen LogP contribution in [0.1, 0.15) is 27.0 Å². The number of carbonyl (C=O) groups excluding carboxylic acids is 1. The van der Waals surface area contributed by atoms with E-state index in [9.17, 15) is 14.9 Å². The van der Waals surface area contributed by atoms with Crippen molar-refractivity contribution in [3.63, 3.8) is 0 Å². The first-order chi connectivity index (χ1) is 16.9. The molecule has 1 saturated heterocycles. The smallest absolute Gasteiger partial charge is 0.335 e. The number of carboxylic acids is 1. The first-order valence-corrected chi connectivity index (χ1v) is 12.0. The van der Waals surface area contributed by atoms with Crippen molar-refractivity contribution in [3.8, 4) is 11.8 Å². The van der Waals surface area contributed by atoms with Crippen molar-refractivity contribution in [3.05, 3.63) is 98.4 Å². The average molecular weight is 548 g/mol. The van der Waals surface area contributed by atoms with Crippen LogP contribution >= 0.6 is 27.7 Å². The van der Waals surface area contributed by atoms with E-state index in [1.807, 2.05) is 30.3 Å². The Hall–Kier alpha value is -3.87. The topological polar surface area (TPSA) is 103 Å². The van der Waals surface area contributed by atoms with E-state index < -0.39 is 5.97 Å². The summed E-state index contributed by atoms with van der Waals surface area (Å²) in [5.41, 5.74) is 2.90. The van der Waals surface area contributed by atoms with Gasteiger partial charge in [0, 0.05) is 12.6 Å². The first kappa shape index (κ1) is 24.3. The lowest BCUT2D eigenvalue weighted by atomic mass is 10.1. The molecule has 0 aliphatic carbocycles. The number of nitriles is 1. The van der Waals surface area contributed by atoms with Crippen LogP contribution in [0.25, 0.3) is 6.08 Å². The number of amidine groups is 1. The van der Waals surface area contributed by atoms with Crippen molar-refractivity contribution in [2.75, 3.05) is 7.05 Å². The Kier molecular flexibility index (Phi) is 7.34. The molecule has 0 aromatic heterocycles. The minimum Gasteiger partial charge on any atom is -0.488 e. The fourth-order valence-electron chi connectivity index (χ4n) is 3.23. The van der Waals surface area contributed by atoms with Crippen LogP contribution in [-0.2, 0) is 11.4 Å². The largest absolute Gasteiger partial charge is 0.488 e. The number of hydrogen-bond donors (Lipinski definition) is 1. The number of likely N-dealkylation sites (N-methyl/N-ethyl adjacent to an activating group) is 1. The molecule has 0 bridgehead atoms. The van der Waals surface area contributed by atoms with Gasteiger partial charge in [-0.25, -0.2) is 9.79 Å². The Morgan fingerprint density at radius 1 is 1.20 bits per heavy atom. The molecule has 35 heavy (non-hydrogen) atoms. The zero-order valence-corrected chi connectivity index (χ0v) is 20.8. The summed E-state index contributed by atoms with van der Waals surface area (Å²) < 4.78 is 6.60. The van der Waals surface area contributed by atoms with Gasteiger partial charge >= 0.3 is 5.97 Å². The normalized spacial score (nSPS) is 15.5. The van der Waals surface area contributed by atoms with E-state index in [4.69, 9.17) is 9.84 Å². The van der Waals surface area contributed by atoms with E-state index in [0.29, 0.717) is 27.1 Å². The fraction of sp³-hybridized carbons (Fsp3) is 0.0769. The highest BCUT2D eigenvalue weighted by molar-refractivity contribution is 9.10. The molecule has 0 spiro atoms. The van der Waals surface area contributed by atoms with Crippen LogP contribution in [0.5, 0.6) is 5.75 Å². The second-order valence-corrected chi connectivity index (χ2v) is 9.33. The van der Waals surface area contributed by atoms with Gasteiger partial charge in [0.2, 0.25) is 0 Å². The molecule has 9 heteroatoms. The van der Waals surface area contributed by atoms with Gasteiger partial charge in [-0.3, -0.25) is 9.69 Å². The Morgan fingerprint density at radius 3 is 2.63 bits per heavy atom. The lowest BCUT2D eigenvalue weighted by Crippen LogP contribution is -2.23. The minimum absolute atomic E-state index is 0.172. The number of aromatic carboxylic acids is 1. The maximum absolute atomic E-state index is 12.7. The lowest BCUT2D eigenvalue weighted by molar-refractivity contribution is -0.121. The third-order valence-corrected chi connectivity index (χ3v) is 6.80. The number of carboxylic acid groups (broad SMARTS) is 1. The van der Waals surface area contributed by atoms with Gasteiger partial charge < -0.3 is 9.84 Å². The van der Waals surface area contributed by atoms with E-state index in [1.54, 1.807) is 37.4 Å². The van der Waals surface area contributed by atoms with Gasteiger partial charge in [0.25, 0.3) is 5.91 Å². The van der Waals surface area contributed by atoms with Crippen LogP contribution in [0.3, 0.4) is 0 Å². The predicted octanol–water partition coefficient (Wildman–Crippen LogP) is 5.83. The highest BCUT2D eigenvalue weighted by Crippen LogP contribution is 2.34. The van der Waals surface area contributed by atoms with Crippen LogP contribution in [0, 0.1) is 11.3 Å². The number of aliphatic imine (C=N–C) groups is 1. The van der Waals surface area contributed by atoms with Gasteiger partial charge in [-0.2, -0.15) is 5.26 Å². The zero-order valence-electron chi connectivity index (χ0n) is 18.4. The molecule has 0 unspecified atom stereocenters. The minimum atomic E-state index is -1.01. The van der Waals surface area contributed by atoms with Gasteiger partial charge in [0.15, 0.2) is 5.17 Å². The number of rotatable bonds is 6. The molecule has 4 rings (SSSR count). The molecule has 174 valence electrons. The van der Waals surface area contributed by atoms with E-state index in [-0.39, 0.29) is 18.1 Å². The zero-order chi connectivity index (χ0) is 24.9. The van der Waals surface area contributed by atoms with Crippen molar-refractivity contribution >= 4 is 56.5 Å². The second-order valence-electron chi connectivity index (χ2n) is 7.47. The monoisotopic (exact) mass is 547 g/mol. The summed E-state index contributed by atoms with van der Waals surface area (Å²) in [6, 6.07) is 21.1. The van der Waals surface area contributed by atoms with Gasteiger partial charge in [-0.15, -0.1) is 0 Å². The number of thioether (sulfide) groups is 1. The molecule has 1 fully saturated rings. The molecule has 1 N–H and O–H groups in total. The molecule has 7 nitrogen and oxygen atoms in total. The molecule has 1 aliphatic heterocycles. The van der Waals surface area contributed by atoms with Gasteiger partial charge in [0.05, 0.1) is 32.3 Å². The number of carbonyl (C=O) groups is 2. The highest BCUT2D eigenvalue weighted by Gasteiger charge is 2.30. The van der Waals surface area contributed by atoms with Crippen LogP contribution in [-0.4, -0.2) is 34.1 Å². The lowest BCUT2D eigenvalue weighted by Gasteiger charge is -2.10. The molecule has 1 aliphatic rings. The Balaban J connectivity index is 1.49. The van der Waals surface area contributed by atoms with E-state index in [0.717, 1.165) is 15.6 Å². The SMILES string of the molecule is CN1C(=O)/C(=C/c2ccc(OCc3ccccc3C#N)c(Br)c2)SC1=Nc1ccc(C(=O)O)cc1. The Labute approximate surface area is 214 Å². The molecule has 1 amide bonds. The number of benzene rings is 3. The summed E-state index contributed by atoms with van der Waals surface area (Å²) >= 11 is 4.76. The molecular formula is C26H18BrN3O4S. The maximum atomic E-state index is 12.7. The van der Waals surface area contributed by atoms with Gasteiger partial charge in [-0.05, 0) is 81.8 Å². The number of halogens is 1. The van der Waals surface area contributed by atoms with E-state index in [1.165, 1.54) is 28.8 Å². The van der Waals surface area contributed by atoms with Gasteiger partial charge in [-0.1, -0.05) is 24.3 Å². The van der Waals surface area contributed by atoms with E-state index in [2.05, 4.69) is 27.0 Å². The van der Waals surface area contributed by atoms with Crippen molar-refractivity contribution in [2.24, 2.45) is 4.99 Å². The van der Waals surface area contributed by atoms with Crippen LogP contribution in [0.15, 0.2) is 81.1 Å². The summed E-state index contributed by atoms with van der Waals surface area (Å²) in [4.78, 5) is 30.2. The van der Waals surface area contributed by atoms with Crippen LogP contribution in [0.4, 0.5) is 5.69 Å². The number of ether oxygens (including phenoxy) is 1. The number of amides is 1. The molecule has 0 radical (unpaired) electrons. The summed E-state index contributed by atoms with van der Waals surface area (Å²) in [5.74, 6) is -0.568. The van der Waals surface area contributed by atoms with Crippen LogP contribution < -0.4 is 4.74 Å². The summed E-state index contributed by atoms with van der Waals surface area (Å²) in [6.07, 6.45) is 1.78. The molecule has 1 heterocycles. The third kappa shape index (κ3) is 5.62. The summed E-state index contributed by atoms with van der Waals surface area (Å²) in [6.45, 7) is 0.259. The molecule has 3 aromatic carbocycles.